The monoisotopic (exact) mass is 287 g/mol. The smallest absolute Gasteiger partial charge is 0.152 e. The van der Waals surface area contributed by atoms with Crippen LogP contribution in [0.1, 0.15) is 43.7 Å². The molecule has 1 aromatic carbocycles. The zero-order valence-corrected chi connectivity index (χ0v) is 13.6. The lowest BCUT2D eigenvalue weighted by molar-refractivity contribution is 0.112. The van der Waals surface area contributed by atoms with Gasteiger partial charge in [0, 0.05) is 28.7 Å². The van der Waals surface area contributed by atoms with Crippen LogP contribution in [-0.4, -0.2) is 17.5 Å². The summed E-state index contributed by atoms with van der Waals surface area (Å²) in [5, 5.41) is 0.990. The summed E-state index contributed by atoms with van der Waals surface area (Å²) in [7, 11) is 0. The van der Waals surface area contributed by atoms with E-state index < -0.39 is 0 Å². The number of aldehydes is 1. The molecule has 0 amide bonds. The number of nitrogens with zero attached hydrogens (tertiary/aromatic N) is 1. The molecule has 0 spiro atoms. The van der Waals surface area contributed by atoms with Gasteiger partial charge in [-0.25, -0.2) is 0 Å². The molecule has 1 heterocycles. The molecule has 0 aliphatic carbocycles. The van der Waals surface area contributed by atoms with E-state index in [4.69, 9.17) is 4.74 Å². The highest BCUT2D eigenvalue weighted by atomic mass is 16.5. The van der Waals surface area contributed by atoms with Gasteiger partial charge in [0.25, 0.3) is 0 Å². The predicted octanol–water partition coefficient (Wildman–Crippen LogP) is 4.45. The fourth-order valence-electron chi connectivity index (χ4n) is 2.59. The molecule has 2 aromatic rings. The maximum Gasteiger partial charge on any atom is 0.152 e. The SMILES string of the molecule is Cc1c(C=O)c2cc(OCC(C)C)ccc2n1CC(C)C. The van der Waals surface area contributed by atoms with E-state index in [1.165, 1.54) is 0 Å². The van der Waals surface area contributed by atoms with Crippen molar-refractivity contribution >= 4 is 17.2 Å². The Bertz CT molecular complexity index is 638. The molecule has 2 rings (SSSR count). The number of hydrogen-bond donors (Lipinski definition) is 0. The summed E-state index contributed by atoms with van der Waals surface area (Å²) in [5.74, 6) is 1.86. The highest BCUT2D eigenvalue weighted by Gasteiger charge is 2.15. The number of aromatic nitrogens is 1. The van der Waals surface area contributed by atoms with Gasteiger partial charge in [-0.05, 0) is 37.0 Å². The van der Waals surface area contributed by atoms with Crippen LogP contribution in [0.15, 0.2) is 18.2 Å². The molecule has 3 heteroatoms. The number of fused-ring (bicyclic) bond motifs is 1. The van der Waals surface area contributed by atoms with Gasteiger partial charge in [-0.2, -0.15) is 0 Å². The third-order valence-electron chi connectivity index (χ3n) is 3.59. The summed E-state index contributed by atoms with van der Waals surface area (Å²) >= 11 is 0. The van der Waals surface area contributed by atoms with Gasteiger partial charge in [0.05, 0.1) is 6.61 Å². The lowest BCUT2D eigenvalue weighted by Crippen LogP contribution is -2.06. The largest absolute Gasteiger partial charge is 0.493 e. The van der Waals surface area contributed by atoms with Crippen LogP contribution in [-0.2, 0) is 6.54 Å². The highest BCUT2D eigenvalue weighted by Crippen LogP contribution is 2.29. The van der Waals surface area contributed by atoms with E-state index in [0.717, 1.165) is 40.7 Å². The van der Waals surface area contributed by atoms with Gasteiger partial charge >= 0.3 is 0 Å². The summed E-state index contributed by atoms with van der Waals surface area (Å²) < 4.78 is 8.01. The Morgan fingerprint density at radius 2 is 1.90 bits per heavy atom. The van der Waals surface area contributed by atoms with Gasteiger partial charge < -0.3 is 9.30 Å². The van der Waals surface area contributed by atoms with E-state index >= 15 is 0 Å². The number of rotatable bonds is 6. The first-order valence-corrected chi connectivity index (χ1v) is 7.64. The summed E-state index contributed by atoms with van der Waals surface area (Å²) in [4.78, 5) is 11.5. The van der Waals surface area contributed by atoms with E-state index in [9.17, 15) is 4.79 Å². The number of carbonyl (C=O) groups excluding carboxylic acids is 1. The Kier molecular flexibility index (Phi) is 4.71. The molecule has 0 bridgehead atoms. The van der Waals surface area contributed by atoms with Crippen LogP contribution in [0.25, 0.3) is 10.9 Å². The predicted molar refractivity (Wildman–Crippen MR) is 87.2 cm³/mol. The topological polar surface area (TPSA) is 31.2 Å². The zero-order chi connectivity index (χ0) is 15.6. The lowest BCUT2D eigenvalue weighted by Gasteiger charge is -2.12. The summed E-state index contributed by atoms with van der Waals surface area (Å²) in [6, 6.07) is 6.05. The zero-order valence-electron chi connectivity index (χ0n) is 13.6. The van der Waals surface area contributed by atoms with E-state index in [2.05, 4.69) is 38.3 Å². The molecule has 0 N–H and O–H groups in total. The molecular formula is C18H25NO2. The van der Waals surface area contributed by atoms with E-state index in [1.807, 2.05) is 19.1 Å². The summed E-state index contributed by atoms with van der Waals surface area (Å²) in [6.07, 6.45) is 0.959. The third kappa shape index (κ3) is 3.29. The summed E-state index contributed by atoms with van der Waals surface area (Å²) in [5.41, 5.74) is 2.93. The minimum absolute atomic E-state index is 0.485. The van der Waals surface area contributed by atoms with Crippen molar-refractivity contribution in [3.05, 3.63) is 29.5 Å². The van der Waals surface area contributed by atoms with E-state index in [-0.39, 0.29) is 0 Å². The van der Waals surface area contributed by atoms with Crippen LogP contribution in [0.3, 0.4) is 0 Å². The fraction of sp³-hybridized carbons (Fsp3) is 0.500. The molecular weight excluding hydrogens is 262 g/mol. The van der Waals surface area contributed by atoms with Crippen molar-refractivity contribution in [3.8, 4) is 5.75 Å². The molecule has 0 radical (unpaired) electrons. The molecule has 0 unspecified atom stereocenters. The van der Waals surface area contributed by atoms with Crippen molar-refractivity contribution < 1.29 is 9.53 Å². The van der Waals surface area contributed by atoms with Crippen molar-refractivity contribution in [2.75, 3.05) is 6.61 Å². The summed E-state index contributed by atoms with van der Waals surface area (Å²) in [6.45, 7) is 12.2. The number of benzene rings is 1. The first kappa shape index (κ1) is 15.6. The lowest BCUT2D eigenvalue weighted by atomic mass is 10.1. The van der Waals surface area contributed by atoms with E-state index in [0.29, 0.717) is 18.4 Å². The molecule has 0 aliphatic heterocycles. The van der Waals surface area contributed by atoms with Crippen LogP contribution >= 0.6 is 0 Å². The normalized spacial score (nSPS) is 11.6. The van der Waals surface area contributed by atoms with Gasteiger partial charge in [-0.15, -0.1) is 0 Å². The second-order valence-corrected chi connectivity index (χ2v) is 6.51. The van der Waals surface area contributed by atoms with Crippen molar-refractivity contribution in [2.45, 2.75) is 41.2 Å². The molecule has 0 fully saturated rings. The van der Waals surface area contributed by atoms with Crippen LogP contribution < -0.4 is 4.74 Å². The number of ether oxygens (including phenoxy) is 1. The maximum absolute atomic E-state index is 11.5. The average Bonchev–Trinajstić information content (AvgIpc) is 2.68. The van der Waals surface area contributed by atoms with Crippen LogP contribution in [0.5, 0.6) is 5.75 Å². The van der Waals surface area contributed by atoms with Gasteiger partial charge in [0.2, 0.25) is 0 Å². The van der Waals surface area contributed by atoms with Crippen molar-refractivity contribution in [2.24, 2.45) is 11.8 Å². The first-order valence-electron chi connectivity index (χ1n) is 7.64. The molecule has 0 saturated carbocycles. The van der Waals surface area contributed by atoms with Gasteiger partial charge in [-0.1, -0.05) is 27.7 Å². The Morgan fingerprint density at radius 1 is 1.19 bits per heavy atom. The van der Waals surface area contributed by atoms with Crippen LogP contribution in [0.2, 0.25) is 0 Å². The average molecular weight is 287 g/mol. The molecule has 3 nitrogen and oxygen atoms in total. The fourth-order valence-corrected chi connectivity index (χ4v) is 2.59. The Balaban J connectivity index is 2.48. The minimum atomic E-state index is 0.485. The van der Waals surface area contributed by atoms with Crippen LogP contribution in [0.4, 0.5) is 0 Å². The second kappa shape index (κ2) is 6.33. The van der Waals surface area contributed by atoms with Gasteiger partial charge in [0.15, 0.2) is 6.29 Å². The highest BCUT2D eigenvalue weighted by molar-refractivity contribution is 6.00. The Morgan fingerprint density at radius 3 is 2.48 bits per heavy atom. The minimum Gasteiger partial charge on any atom is -0.493 e. The van der Waals surface area contributed by atoms with Crippen molar-refractivity contribution in [1.29, 1.82) is 0 Å². The second-order valence-electron chi connectivity index (χ2n) is 6.51. The molecule has 21 heavy (non-hydrogen) atoms. The van der Waals surface area contributed by atoms with Crippen molar-refractivity contribution in [1.82, 2.24) is 4.57 Å². The number of carbonyl (C=O) groups is 1. The van der Waals surface area contributed by atoms with E-state index in [1.54, 1.807) is 0 Å². The molecule has 0 atom stereocenters. The molecule has 0 aliphatic rings. The maximum atomic E-state index is 11.5. The molecule has 1 aromatic heterocycles. The molecule has 114 valence electrons. The van der Waals surface area contributed by atoms with Gasteiger partial charge in [0.1, 0.15) is 5.75 Å². The Hall–Kier alpha value is -1.77. The number of hydrogen-bond acceptors (Lipinski definition) is 2. The third-order valence-corrected chi connectivity index (χ3v) is 3.59. The van der Waals surface area contributed by atoms with Gasteiger partial charge in [-0.3, -0.25) is 4.79 Å². The standard InChI is InChI=1S/C18H25NO2/c1-12(2)9-19-14(5)17(10-20)16-8-15(6-7-18(16)19)21-11-13(3)4/h6-8,10,12-13H,9,11H2,1-5H3. The quantitative estimate of drug-likeness (QED) is 0.735. The van der Waals surface area contributed by atoms with Crippen LogP contribution in [0, 0.1) is 18.8 Å². The van der Waals surface area contributed by atoms with Crippen molar-refractivity contribution in [3.63, 3.8) is 0 Å². The Labute approximate surface area is 126 Å². The first-order chi connectivity index (χ1) is 9.93. The molecule has 0 saturated heterocycles.